The van der Waals surface area contributed by atoms with Crippen LogP contribution in [-0.2, 0) is 6.42 Å². The van der Waals surface area contributed by atoms with Crippen molar-refractivity contribution < 1.29 is 19.5 Å². The average molecular weight is 408 g/mol. The highest BCUT2D eigenvalue weighted by atomic mass is 16.6. The molecule has 0 saturated heterocycles. The molecule has 1 aliphatic heterocycles. The molecule has 7 heteroatoms. The van der Waals surface area contributed by atoms with Crippen LogP contribution in [0.5, 0.6) is 17.2 Å². The van der Waals surface area contributed by atoms with Gasteiger partial charge in [0.15, 0.2) is 17.2 Å². The van der Waals surface area contributed by atoms with Gasteiger partial charge >= 0.3 is 5.69 Å². The Labute approximate surface area is 174 Å². The second kappa shape index (κ2) is 7.40. The lowest BCUT2D eigenvalue weighted by molar-refractivity contribution is -0.385. The first-order chi connectivity index (χ1) is 14.4. The smallest absolute Gasteiger partial charge is 0.310 e. The Bertz CT molecular complexity index is 1150. The fourth-order valence-corrected chi connectivity index (χ4v) is 4.44. The minimum atomic E-state index is -0.584. The molecule has 1 aliphatic rings. The number of methoxy groups -OCH3 is 2. The summed E-state index contributed by atoms with van der Waals surface area (Å²) in [6, 6.07) is 10.9. The summed E-state index contributed by atoms with van der Waals surface area (Å²) in [4.78, 5) is 10.5. The maximum atomic E-state index is 11.0. The van der Waals surface area contributed by atoms with Gasteiger partial charge in [-0.15, -0.1) is 0 Å². The number of benzene rings is 2. The largest absolute Gasteiger partial charge is 0.502 e. The molecule has 0 fully saturated rings. The van der Waals surface area contributed by atoms with Crippen molar-refractivity contribution in [3.05, 3.63) is 57.8 Å². The van der Waals surface area contributed by atoms with Gasteiger partial charge in [-0.3, -0.25) is 10.1 Å². The van der Waals surface area contributed by atoms with Crippen LogP contribution in [-0.4, -0.2) is 28.8 Å². The summed E-state index contributed by atoms with van der Waals surface area (Å²) in [5, 5.41) is 21.2. The number of phenolic OH excluding ortho intramolecular Hbond substituents is 1. The monoisotopic (exact) mass is 408 g/mol. The van der Waals surface area contributed by atoms with Crippen molar-refractivity contribution in [2.75, 3.05) is 14.2 Å². The molecule has 3 aromatic rings. The summed E-state index contributed by atoms with van der Waals surface area (Å²) < 4.78 is 13.3. The number of ether oxygens (including phenoxy) is 2. The van der Waals surface area contributed by atoms with E-state index in [0.717, 1.165) is 40.9 Å². The second-order valence-corrected chi connectivity index (χ2v) is 7.49. The van der Waals surface area contributed by atoms with Crippen LogP contribution in [0.25, 0.3) is 22.4 Å². The minimum Gasteiger partial charge on any atom is -0.502 e. The molecule has 1 atom stereocenters. The van der Waals surface area contributed by atoms with Crippen LogP contribution in [0, 0.1) is 17.0 Å². The van der Waals surface area contributed by atoms with E-state index in [1.54, 1.807) is 20.3 Å². The number of nitro groups is 1. The first-order valence-electron chi connectivity index (χ1n) is 9.84. The van der Waals surface area contributed by atoms with Crippen molar-refractivity contribution in [1.82, 2.24) is 4.57 Å². The van der Waals surface area contributed by atoms with Crippen molar-refractivity contribution >= 4 is 5.69 Å². The van der Waals surface area contributed by atoms with Gasteiger partial charge in [-0.2, -0.15) is 0 Å². The number of hydrogen-bond acceptors (Lipinski definition) is 5. The summed E-state index contributed by atoms with van der Waals surface area (Å²) in [5.41, 5.74) is 5.79. The number of nitrogens with zero attached hydrogens (tertiary/aromatic N) is 2. The summed E-state index contributed by atoms with van der Waals surface area (Å²) in [5.74, 6) is 1.05. The van der Waals surface area contributed by atoms with Gasteiger partial charge in [0.2, 0.25) is 0 Å². The van der Waals surface area contributed by atoms with Crippen LogP contribution in [0.3, 0.4) is 0 Å². The predicted octanol–water partition coefficient (Wildman–Crippen LogP) is 5.27. The van der Waals surface area contributed by atoms with E-state index in [1.165, 1.54) is 17.7 Å². The zero-order valence-corrected chi connectivity index (χ0v) is 17.4. The predicted molar refractivity (Wildman–Crippen MR) is 114 cm³/mol. The van der Waals surface area contributed by atoms with Gasteiger partial charge in [-0.05, 0) is 61.2 Å². The maximum Gasteiger partial charge on any atom is 0.310 e. The van der Waals surface area contributed by atoms with E-state index in [-0.39, 0.29) is 17.5 Å². The van der Waals surface area contributed by atoms with E-state index in [2.05, 4.69) is 17.6 Å². The molecular weight excluding hydrogens is 384 g/mol. The van der Waals surface area contributed by atoms with Gasteiger partial charge in [0, 0.05) is 34.6 Å². The third-order valence-electron chi connectivity index (χ3n) is 5.95. The topological polar surface area (TPSA) is 86.8 Å². The third-order valence-corrected chi connectivity index (χ3v) is 5.95. The van der Waals surface area contributed by atoms with Crippen molar-refractivity contribution in [2.45, 2.75) is 32.7 Å². The van der Waals surface area contributed by atoms with E-state index in [4.69, 9.17) is 9.47 Å². The van der Waals surface area contributed by atoms with Crippen LogP contribution < -0.4 is 9.47 Å². The van der Waals surface area contributed by atoms with E-state index in [0.29, 0.717) is 11.5 Å². The number of fused-ring (bicyclic) bond motifs is 3. The fraction of sp³-hybridized carbons (Fsp3) is 0.304. The Morgan fingerprint density at radius 1 is 1.13 bits per heavy atom. The van der Waals surface area contributed by atoms with Gasteiger partial charge in [0.25, 0.3) is 0 Å². The Hall–Kier alpha value is -3.48. The van der Waals surface area contributed by atoms with Crippen molar-refractivity contribution in [3.63, 3.8) is 0 Å². The van der Waals surface area contributed by atoms with Gasteiger partial charge in [0.05, 0.1) is 19.1 Å². The molecule has 0 saturated carbocycles. The molecule has 4 rings (SSSR count). The molecule has 0 radical (unpaired) electrons. The fourth-order valence-electron chi connectivity index (χ4n) is 4.44. The first-order valence-corrected chi connectivity index (χ1v) is 9.84. The summed E-state index contributed by atoms with van der Waals surface area (Å²) in [6.45, 7) is 4.21. The van der Waals surface area contributed by atoms with Crippen LogP contribution >= 0.6 is 0 Å². The van der Waals surface area contributed by atoms with E-state index in [9.17, 15) is 15.2 Å². The van der Waals surface area contributed by atoms with E-state index < -0.39 is 4.92 Å². The number of hydrogen-bond donors (Lipinski definition) is 1. The highest BCUT2D eigenvalue weighted by Crippen LogP contribution is 2.46. The van der Waals surface area contributed by atoms with Crippen LogP contribution in [0.2, 0.25) is 0 Å². The SMILES string of the molecule is CCC1Cc2cc(OC)c(OC)cc2-c2cc(-c3ccc([N+](=O)[O-])c(O)c3)c(C)n21. The van der Waals surface area contributed by atoms with Crippen molar-refractivity contribution in [3.8, 4) is 39.6 Å². The molecule has 30 heavy (non-hydrogen) atoms. The number of aromatic hydroxyl groups is 1. The molecule has 0 bridgehead atoms. The van der Waals surface area contributed by atoms with E-state index in [1.807, 2.05) is 19.1 Å². The van der Waals surface area contributed by atoms with Crippen molar-refractivity contribution in [1.29, 1.82) is 0 Å². The molecule has 0 amide bonds. The third kappa shape index (κ3) is 2.98. The average Bonchev–Trinajstić information content (AvgIpc) is 3.09. The highest BCUT2D eigenvalue weighted by molar-refractivity contribution is 5.80. The molecule has 0 aliphatic carbocycles. The molecule has 1 unspecified atom stereocenters. The summed E-state index contributed by atoms with van der Waals surface area (Å²) in [6.07, 6.45) is 1.83. The number of phenols is 1. The molecule has 1 aromatic heterocycles. The van der Waals surface area contributed by atoms with Crippen LogP contribution in [0.4, 0.5) is 5.69 Å². The standard InChI is InChI=1S/C23H24N2O5/c1-5-16-8-15-10-22(29-3)23(30-4)12-18(15)20-11-17(13(2)24(16)20)14-6-7-19(25(27)28)21(26)9-14/h6-7,9-12,16,26H,5,8H2,1-4H3. The molecule has 156 valence electrons. The number of rotatable bonds is 5. The van der Waals surface area contributed by atoms with Gasteiger partial charge < -0.3 is 19.1 Å². The minimum absolute atomic E-state index is 0.283. The zero-order valence-electron chi connectivity index (χ0n) is 17.4. The molecular formula is C23H24N2O5. The Balaban J connectivity index is 1.91. The molecule has 2 aromatic carbocycles. The van der Waals surface area contributed by atoms with E-state index >= 15 is 0 Å². The zero-order chi connectivity index (χ0) is 21.6. The number of aromatic nitrogens is 1. The summed E-state index contributed by atoms with van der Waals surface area (Å²) in [7, 11) is 3.26. The maximum absolute atomic E-state index is 11.0. The van der Waals surface area contributed by atoms with Crippen LogP contribution in [0.1, 0.15) is 30.6 Å². The molecule has 1 N–H and O–H groups in total. The quantitative estimate of drug-likeness (QED) is 0.459. The second-order valence-electron chi connectivity index (χ2n) is 7.49. The summed E-state index contributed by atoms with van der Waals surface area (Å²) >= 11 is 0. The number of nitro benzene ring substituents is 1. The lowest BCUT2D eigenvalue weighted by Gasteiger charge is -2.30. The molecule has 2 heterocycles. The van der Waals surface area contributed by atoms with Gasteiger partial charge in [-0.25, -0.2) is 0 Å². The normalized spacial score (nSPS) is 14.7. The van der Waals surface area contributed by atoms with Crippen LogP contribution in [0.15, 0.2) is 36.4 Å². The molecule has 7 nitrogen and oxygen atoms in total. The Morgan fingerprint density at radius 2 is 1.83 bits per heavy atom. The highest BCUT2D eigenvalue weighted by Gasteiger charge is 2.29. The Morgan fingerprint density at radius 3 is 2.43 bits per heavy atom. The lowest BCUT2D eigenvalue weighted by atomic mass is 9.92. The van der Waals surface area contributed by atoms with Gasteiger partial charge in [-0.1, -0.05) is 6.92 Å². The van der Waals surface area contributed by atoms with Crippen molar-refractivity contribution in [2.24, 2.45) is 0 Å². The first kappa shape index (κ1) is 19.8. The molecule has 0 spiro atoms. The van der Waals surface area contributed by atoms with Gasteiger partial charge in [0.1, 0.15) is 0 Å². The Kier molecular flexibility index (Phi) is 4.89. The lowest BCUT2D eigenvalue weighted by Crippen LogP contribution is -2.19.